The Kier molecular flexibility index (Phi) is 10.5. The molecule has 0 aliphatic rings. The molecule has 0 unspecified atom stereocenters. The maximum Gasteiger partial charge on any atom is 0.308 e. The molecule has 0 aliphatic carbocycles. The predicted molar refractivity (Wildman–Crippen MR) is 211 cm³/mol. The number of phenolic OH excluding ortho intramolecular Hbond substituents is 1. The number of halogens is 5. The molecule has 0 spiro atoms. The third-order valence-corrected chi connectivity index (χ3v) is 9.08. The molecule has 264 valence electrons. The van der Waals surface area contributed by atoms with Crippen LogP contribution in [0.3, 0.4) is 0 Å². The maximum atomic E-state index is 13.3. The minimum Gasteiger partial charge on any atom is -0.506 e. The number of carbonyl (C=O) groups excluding carboxylic acids is 4. The molecule has 0 fully saturated rings. The molecule has 0 bridgehead atoms. The first kappa shape index (κ1) is 30.0. The van der Waals surface area contributed by atoms with Crippen LogP contribution in [-0.4, -0.2) is 27.9 Å². The van der Waals surface area contributed by atoms with Gasteiger partial charge in [0.1, 0.15) is 28.4 Å². The third kappa shape index (κ3) is 9.47. The number of hydrogen-bond acceptors (Lipinski definition) is 8. The van der Waals surface area contributed by atoms with Crippen LogP contribution in [0.25, 0.3) is 21.9 Å². The Hall–Kier alpha value is -3.55. The number of aryl methyl sites for hydroxylation is 2. The lowest BCUT2D eigenvalue weighted by atomic mass is 9.99. The summed E-state index contributed by atoms with van der Waals surface area (Å²) in [6.07, 6.45) is 0.666. The van der Waals surface area contributed by atoms with Crippen molar-refractivity contribution in [2.75, 3.05) is 0 Å². The number of furan rings is 2. The molecule has 6 aromatic rings. The smallest absolute Gasteiger partial charge is 0.308 e. The fourth-order valence-corrected chi connectivity index (χ4v) is 7.17. The van der Waals surface area contributed by atoms with Gasteiger partial charge >= 0.3 is 5.97 Å². The Morgan fingerprint density at radius 2 is 1.06 bits per heavy atom. The zero-order valence-corrected chi connectivity index (χ0v) is 34.0. The minimum atomic E-state index is -0.518. The van der Waals surface area contributed by atoms with E-state index in [1.165, 1.54) is 38.1 Å². The van der Waals surface area contributed by atoms with E-state index in [0.717, 1.165) is 0 Å². The number of benzene rings is 4. The molecule has 0 radical (unpaired) electrons. The number of fused-ring (bicyclic) bond motifs is 2. The number of para-hydroxylation sites is 2. The molecule has 0 amide bonds. The molecule has 2 aromatic heterocycles. The SMILES string of the molecule is CC(=O)Cl.[2H]c1c([2H])c([2H])c2c(C(=O)c3cc(Br)c(O)c(Br)c3)c(CC)oc2c1[2H].[2H]c1c([2H])c([2H])c2c(C(=O)c3cc(Br)c(OC(C)=O)c(Br)c3)c(CC)oc2c1[2H]. The first-order chi connectivity index (χ1) is 27.5. The molecular formula is C38H29Br4ClO8. The molecule has 0 saturated heterocycles. The van der Waals surface area contributed by atoms with Gasteiger partial charge < -0.3 is 18.7 Å². The highest BCUT2D eigenvalue weighted by Gasteiger charge is 2.24. The molecule has 4 aromatic carbocycles. The van der Waals surface area contributed by atoms with Crippen molar-refractivity contribution in [3.05, 3.63) is 124 Å². The van der Waals surface area contributed by atoms with Crippen molar-refractivity contribution < 1.29 is 48.8 Å². The van der Waals surface area contributed by atoms with Crippen LogP contribution in [0.4, 0.5) is 0 Å². The average molecular weight is 977 g/mol. The number of ether oxygens (including phenoxy) is 1. The zero-order chi connectivity index (χ0) is 44.5. The van der Waals surface area contributed by atoms with E-state index in [1.807, 2.05) is 0 Å². The topological polar surface area (TPSA) is 124 Å². The molecule has 0 saturated carbocycles. The van der Waals surface area contributed by atoms with Crippen LogP contribution in [0, 0.1) is 0 Å². The van der Waals surface area contributed by atoms with Gasteiger partial charge in [0.25, 0.3) is 0 Å². The lowest BCUT2D eigenvalue weighted by Gasteiger charge is -2.09. The van der Waals surface area contributed by atoms with Gasteiger partial charge in [0.15, 0.2) is 17.3 Å². The van der Waals surface area contributed by atoms with Gasteiger partial charge in [-0.2, -0.15) is 0 Å². The van der Waals surface area contributed by atoms with E-state index in [9.17, 15) is 24.3 Å². The summed E-state index contributed by atoms with van der Waals surface area (Å²) in [6, 6.07) is 2.88. The van der Waals surface area contributed by atoms with Crippen molar-refractivity contribution in [3.63, 3.8) is 0 Å². The van der Waals surface area contributed by atoms with Crippen molar-refractivity contribution in [3.8, 4) is 11.5 Å². The minimum absolute atomic E-state index is 0.0342. The van der Waals surface area contributed by atoms with Crippen LogP contribution < -0.4 is 4.74 Å². The first-order valence-corrected chi connectivity index (χ1v) is 18.2. The summed E-state index contributed by atoms with van der Waals surface area (Å²) >= 11 is 17.6. The maximum absolute atomic E-state index is 13.3. The summed E-state index contributed by atoms with van der Waals surface area (Å²) in [5.74, 6) is -0.699. The van der Waals surface area contributed by atoms with E-state index in [4.69, 9.17) is 24.5 Å². The van der Waals surface area contributed by atoms with E-state index < -0.39 is 41.7 Å². The number of hydrogen-bond donors (Lipinski definition) is 1. The van der Waals surface area contributed by atoms with Crippen LogP contribution in [-0.2, 0) is 22.4 Å². The predicted octanol–water partition coefficient (Wildman–Crippen LogP) is 11.9. The Labute approximate surface area is 343 Å². The van der Waals surface area contributed by atoms with Gasteiger partial charge in [0.2, 0.25) is 5.24 Å². The summed E-state index contributed by atoms with van der Waals surface area (Å²) < 4.78 is 81.6. The van der Waals surface area contributed by atoms with Crippen molar-refractivity contribution in [2.45, 2.75) is 40.5 Å². The van der Waals surface area contributed by atoms with Crippen LogP contribution in [0.2, 0.25) is 0 Å². The summed E-state index contributed by atoms with van der Waals surface area (Å²) in [5.41, 5.74) is 0.585. The van der Waals surface area contributed by atoms with E-state index in [0.29, 0.717) is 30.7 Å². The van der Waals surface area contributed by atoms with Gasteiger partial charge in [-0.1, -0.05) is 50.1 Å². The fraction of sp³-hybridized carbons (Fsp3) is 0.158. The average Bonchev–Trinajstić information content (AvgIpc) is 3.77. The molecule has 1 N–H and O–H groups in total. The van der Waals surface area contributed by atoms with Crippen molar-refractivity contribution in [1.29, 1.82) is 0 Å². The first-order valence-electron chi connectivity index (χ1n) is 18.6. The molecule has 2 heterocycles. The summed E-state index contributed by atoms with van der Waals surface area (Å²) in [5, 5.41) is 9.60. The number of phenols is 1. The summed E-state index contributed by atoms with van der Waals surface area (Å²) in [7, 11) is 0. The molecule has 0 aliphatic heterocycles. The van der Waals surface area contributed by atoms with Gasteiger partial charge in [0.05, 0.1) is 40.0 Å². The third-order valence-electron chi connectivity index (χ3n) is 6.70. The molecule has 0 atom stereocenters. The standard InChI is InChI=1S/C19H14Br2O4.C17H12Br2O3.C2H3ClO/c1-3-15-17(12-6-4-5-7-16(12)25-15)18(23)11-8-13(20)19(14(21)9-11)24-10(2)22;1-2-13-15(10-5-3-4-6-14(10)22-13)16(20)9-7-11(18)17(21)12(19)8-9;1-2(3)4/h4-9H,3H2,1-2H3;3-8,21H,2H2,1H3;1H3/i4D,5D,6D,7D;3D,4D,5D,6D;. The largest absolute Gasteiger partial charge is 0.506 e. The second-order valence-corrected chi connectivity index (χ2v) is 14.1. The van der Waals surface area contributed by atoms with Crippen LogP contribution in [0.15, 0.2) is 99.3 Å². The van der Waals surface area contributed by atoms with Crippen molar-refractivity contribution in [2.24, 2.45) is 0 Å². The second kappa shape index (κ2) is 17.8. The zero-order valence-electron chi connectivity index (χ0n) is 34.9. The van der Waals surface area contributed by atoms with Gasteiger partial charge in [-0.05, 0) is 112 Å². The Bertz CT molecular complexity index is 2680. The van der Waals surface area contributed by atoms with E-state index in [1.54, 1.807) is 13.8 Å². The highest BCUT2D eigenvalue weighted by molar-refractivity contribution is 9.11. The number of esters is 1. The van der Waals surface area contributed by atoms with Gasteiger partial charge in [0, 0.05) is 48.6 Å². The van der Waals surface area contributed by atoms with E-state index in [2.05, 4.69) is 75.3 Å². The molecular weight excluding hydrogens is 939 g/mol. The highest BCUT2D eigenvalue weighted by Crippen LogP contribution is 2.38. The van der Waals surface area contributed by atoms with Crippen molar-refractivity contribution >= 4 is 120 Å². The fourth-order valence-electron chi connectivity index (χ4n) is 4.63. The van der Waals surface area contributed by atoms with Gasteiger partial charge in [-0.25, -0.2) is 0 Å². The second-order valence-electron chi connectivity index (χ2n) is 10.2. The Morgan fingerprint density at radius 1 is 0.706 bits per heavy atom. The quantitative estimate of drug-likeness (QED) is 0.0726. The van der Waals surface area contributed by atoms with E-state index >= 15 is 0 Å². The summed E-state index contributed by atoms with van der Waals surface area (Å²) in [4.78, 5) is 47.0. The van der Waals surface area contributed by atoms with Crippen LogP contribution in [0.5, 0.6) is 11.5 Å². The highest BCUT2D eigenvalue weighted by atomic mass is 79.9. The lowest BCUT2D eigenvalue weighted by molar-refractivity contribution is -0.132. The van der Waals surface area contributed by atoms with Crippen LogP contribution >= 0.6 is 75.3 Å². The molecule has 8 nitrogen and oxygen atoms in total. The van der Waals surface area contributed by atoms with Crippen molar-refractivity contribution in [1.82, 2.24) is 0 Å². The Morgan fingerprint density at radius 3 is 1.41 bits per heavy atom. The normalized spacial score (nSPS) is 12.8. The lowest BCUT2D eigenvalue weighted by Crippen LogP contribution is -2.06. The Balaban J connectivity index is 0.000000240. The molecule has 13 heteroatoms. The van der Waals surface area contributed by atoms with Crippen LogP contribution in [0.1, 0.15) is 82.0 Å². The molecule has 51 heavy (non-hydrogen) atoms. The number of aromatic hydroxyl groups is 1. The van der Waals surface area contributed by atoms with E-state index in [-0.39, 0.29) is 96.6 Å². The monoisotopic (exact) mass is 972 g/mol. The number of ketones is 2. The molecule has 6 rings (SSSR count). The van der Waals surface area contributed by atoms with Gasteiger partial charge in [-0.15, -0.1) is 0 Å². The summed E-state index contributed by atoms with van der Waals surface area (Å²) in [6.45, 7) is 6.09. The van der Waals surface area contributed by atoms with Gasteiger partial charge in [-0.3, -0.25) is 19.2 Å². The number of rotatable bonds is 7. The number of carbonyl (C=O) groups is 4.